The molecule has 1 fully saturated rings. The molecule has 0 aromatic rings. The Morgan fingerprint density at radius 1 is 1.50 bits per heavy atom. The molecular weight excluding hydrogens is 164 g/mol. The second-order valence-electron chi connectivity index (χ2n) is 2.60. The lowest BCUT2D eigenvalue weighted by Gasteiger charge is -2.15. The lowest BCUT2D eigenvalue weighted by molar-refractivity contribution is 0.267. The molecule has 1 aliphatic heterocycles. The summed E-state index contributed by atoms with van der Waals surface area (Å²) < 4.78 is 0.757. The van der Waals surface area contributed by atoms with Crippen LogP contribution >= 0.6 is 23.5 Å². The number of rotatable bonds is 3. The van der Waals surface area contributed by atoms with E-state index in [-0.39, 0.29) is 0 Å². The average Bonchev–Trinajstić information content (AvgIpc) is 2.38. The average molecular weight is 178 g/mol. The molecule has 1 N–H and O–H groups in total. The normalized spacial score (nSPS) is 23.4. The first-order chi connectivity index (χ1) is 4.84. The Hall–Kier alpha value is 0.660. The lowest BCUT2D eigenvalue weighted by atomic mass is 10.1. The first-order valence-corrected chi connectivity index (χ1v) is 5.78. The largest absolute Gasteiger partial charge is 0.396 e. The third-order valence-corrected chi connectivity index (χ3v) is 5.24. The fraction of sp³-hybridized carbons (Fsp3) is 1.00. The molecule has 3 heteroatoms. The Balaban J connectivity index is 2.18. The fourth-order valence-corrected chi connectivity index (χ4v) is 4.17. The zero-order chi connectivity index (χ0) is 7.40. The maximum absolute atomic E-state index is 8.68. The van der Waals surface area contributed by atoms with Gasteiger partial charge in [0.25, 0.3) is 0 Å². The number of hydrogen-bond acceptors (Lipinski definition) is 3. The van der Waals surface area contributed by atoms with Crippen LogP contribution in [0.15, 0.2) is 0 Å². The van der Waals surface area contributed by atoms with Crippen LogP contribution in [0.5, 0.6) is 0 Å². The van der Waals surface area contributed by atoms with Gasteiger partial charge in [-0.1, -0.05) is 6.92 Å². The highest BCUT2D eigenvalue weighted by molar-refractivity contribution is 8.20. The second kappa shape index (κ2) is 4.52. The van der Waals surface area contributed by atoms with Crippen LogP contribution in [0.4, 0.5) is 0 Å². The molecule has 60 valence electrons. The minimum Gasteiger partial charge on any atom is -0.396 e. The number of thioether (sulfide) groups is 2. The van der Waals surface area contributed by atoms with Gasteiger partial charge in [-0.05, 0) is 12.3 Å². The Bertz CT molecular complexity index is 91.6. The van der Waals surface area contributed by atoms with E-state index < -0.39 is 0 Å². The smallest absolute Gasteiger partial charge is 0.0529 e. The van der Waals surface area contributed by atoms with E-state index in [9.17, 15) is 0 Å². The van der Waals surface area contributed by atoms with Gasteiger partial charge in [-0.3, -0.25) is 0 Å². The van der Waals surface area contributed by atoms with Crippen LogP contribution in [0.25, 0.3) is 0 Å². The molecule has 0 aromatic heterocycles. The zero-order valence-corrected chi connectivity index (χ0v) is 7.88. The van der Waals surface area contributed by atoms with Gasteiger partial charge in [-0.25, -0.2) is 0 Å². The van der Waals surface area contributed by atoms with E-state index in [0.717, 1.165) is 11.0 Å². The topological polar surface area (TPSA) is 20.2 Å². The predicted molar refractivity (Wildman–Crippen MR) is 49.6 cm³/mol. The van der Waals surface area contributed by atoms with Crippen LogP contribution in [0.2, 0.25) is 0 Å². The summed E-state index contributed by atoms with van der Waals surface area (Å²) in [6, 6.07) is 0. The first kappa shape index (κ1) is 8.75. The quantitative estimate of drug-likeness (QED) is 0.712. The lowest BCUT2D eigenvalue weighted by Crippen LogP contribution is -2.08. The van der Waals surface area contributed by atoms with Gasteiger partial charge in [-0.15, -0.1) is 23.5 Å². The summed E-state index contributed by atoms with van der Waals surface area (Å²) in [7, 11) is 0. The molecule has 1 heterocycles. The van der Waals surface area contributed by atoms with Gasteiger partial charge in [0.05, 0.1) is 4.58 Å². The standard InChI is InChI=1S/C7H14OS2/c1-6(2-3-8)7-9-4-5-10-7/h6-8H,2-5H2,1H3. The van der Waals surface area contributed by atoms with Crippen LogP contribution < -0.4 is 0 Å². The van der Waals surface area contributed by atoms with Gasteiger partial charge < -0.3 is 5.11 Å². The van der Waals surface area contributed by atoms with Crippen LogP contribution in [-0.4, -0.2) is 27.8 Å². The monoisotopic (exact) mass is 178 g/mol. The summed E-state index contributed by atoms with van der Waals surface area (Å²) in [5, 5.41) is 8.68. The molecule has 10 heavy (non-hydrogen) atoms. The van der Waals surface area contributed by atoms with Crippen molar-refractivity contribution >= 4 is 23.5 Å². The molecule has 1 nitrogen and oxygen atoms in total. The summed E-state index contributed by atoms with van der Waals surface area (Å²) in [4.78, 5) is 0. The van der Waals surface area contributed by atoms with E-state index >= 15 is 0 Å². The fourth-order valence-electron chi connectivity index (χ4n) is 1.04. The molecule has 0 saturated carbocycles. The number of hydrogen-bond donors (Lipinski definition) is 1. The Kier molecular flexibility index (Phi) is 3.96. The van der Waals surface area contributed by atoms with E-state index in [0.29, 0.717) is 12.5 Å². The highest BCUT2D eigenvalue weighted by Gasteiger charge is 2.21. The molecule has 1 aliphatic rings. The van der Waals surface area contributed by atoms with E-state index in [2.05, 4.69) is 6.92 Å². The summed E-state index contributed by atoms with van der Waals surface area (Å²) in [6.07, 6.45) is 0.963. The van der Waals surface area contributed by atoms with Crippen molar-refractivity contribution in [1.82, 2.24) is 0 Å². The molecule has 1 atom stereocenters. The molecule has 1 unspecified atom stereocenters. The zero-order valence-electron chi connectivity index (χ0n) is 6.25. The number of aliphatic hydroxyl groups is 1. The van der Waals surface area contributed by atoms with Crippen molar-refractivity contribution in [2.24, 2.45) is 5.92 Å². The molecule has 0 spiro atoms. The molecule has 1 saturated heterocycles. The van der Waals surface area contributed by atoms with Crippen LogP contribution in [0, 0.1) is 5.92 Å². The summed E-state index contributed by atoms with van der Waals surface area (Å²) in [6.45, 7) is 2.57. The second-order valence-corrected chi connectivity index (χ2v) is 5.40. The van der Waals surface area contributed by atoms with Crippen LogP contribution in [0.3, 0.4) is 0 Å². The maximum Gasteiger partial charge on any atom is 0.0529 e. The Labute approximate surface area is 71.0 Å². The highest BCUT2D eigenvalue weighted by atomic mass is 32.2. The molecular formula is C7H14OS2. The van der Waals surface area contributed by atoms with E-state index in [4.69, 9.17) is 5.11 Å². The third kappa shape index (κ3) is 2.36. The molecule has 0 aromatic carbocycles. The van der Waals surface area contributed by atoms with E-state index in [1.807, 2.05) is 23.5 Å². The van der Waals surface area contributed by atoms with Crippen molar-refractivity contribution in [1.29, 1.82) is 0 Å². The minimum atomic E-state index is 0.346. The third-order valence-electron chi connectivity index (χ3n) is 1.70. The molecule has 0 amide bonds. The molecule has 0 bridgehead atoms. The van der Waals surface area contributed by atoms with Crippen LogP contribution in [-0.2, 0) is 0 Å². The SMILES string of the molecule is CC(CCO)C1SCCS1. The van der Waals surface area contributed by atoms with Gasteiger partial charge in [0.15, 0.2) is 0 Å². The van der Waals surface area contributed by atoms with Crippen molar-refractivity contribution in [2.45, 2.75) is 17.9 Å². The van der Waals surface area contributed by atoms with Gasteiger partial charge >= 0.3 is 0 Å². The van der Waals surface area contributed by atoms with Gasteiger partial charge in [-0.2, -0.15) is 0 Å². The first-order valence-electron chi connectivity index (χ1n) is 3.68. The van der Waals surface area contributed by atoms with Gasteiger partial charge in [0.2, 0.25) is 0 Å². The molecule has 1 rings (SSSR count). The minimum absolute atomic E-state index is 0.346. The molecule has 0 aliphatic carbocycles. The summed E-state index contributed by atoms with van der Waals surface area (Å²) in [5.41, 5.74) is 0. The maximum atomic E-state index is 8.68. The van der Waals surface area contributed by atoms with Gasteiger partial charge in [0, 0.05) is 18.1 Å². The summed E-state index contributed by atoms with van der Waals surface area (Å²) >= 11 is 4.08. The van der Waals surface area contributed by atoms with Crippen molar-refractivity contribution in [3.8, 4) is 0 Å². The van der Waals surface area contributed by atoms with Crippen molar-refractivity contribution in [3.63, 3.8) is 0 Å². The van der Waals surface area contributed by atoms with Gasteiger partial charge in [0.1, 0.15) is 0 Å². The molecule has 0 radical (unpaired) electrons. The number of aliphatic hydroxyl groups excluding tert-OH is 1. The van der Waals surface area contributed by atoms with Crippen molar-refractivity contribution < 1.29 is 5.11 Å². The van der Waals surface area contributed by atoms with E-state index in [1.54, 1.807) is 0 Å². The Morgan fingerprint density at radius 2 is 2.10 bits per heavy atom. The predicted octanol–water partition coefficient (Wildman–Crippen LogP) is 1.81. The highest BCUT2D eigenvalue weighted by Crippen LogP contribution is 2.38. The van der Waals surface area contributed by atoms with Crippen LogP contribution in [0.1, 0.15) is 13.3 Å². The van der Waals surface area contributed by atoms with Crippen molar-refractivity contribution in [3.05, 3.63) is 0 Å². The van der Waals surface area contributed by atoms with Crippen molar-refractivity contribution in [2.75, 3.05) is 18.1 Å². The summed E-state index contributed by atoms with van der Waals surface area (Å²) in [5.74, 6) is 3.28. The Morgan fingerprint density at radius 3 is 2.60 bits per heavy atom. The van der Waals surface area contributed by atoms with E-state index in [1.165, 1.54) is 11.5 Å².